The number of aromatic nitrogens is 1. The number of carbonyl (C=O) groups excluding carboxylic acids is 1. The summed E-state index contributed by atoms with van der Waals surface area (Å²) in [6, 6.07) is 13.9. The Morgan fingerprint density at radius 2 is 2.10 bits per heavy atom. The number of ether oxygens (including phenoxy) is 1. The average molecular weight is 416 g/mol. The van der Waals surface area contributed by atoms with Gasteiger partial charge in [-0.05, 0) is 46.3 Å². The third-order valence-corrected chi connectivity index (χ3v) is 5.79. The first-order chi connectivity index (χ1) is 15.1. The molecule has 1 aromatic heterocycles. The molecule has 2 aromatic carbocycles. The number of fused-ring (bicyclic) bond motifs is 1. The molecule has 2 N–H and O–H groups in total. The first kappa shape index (κ1) is 19.4. The highest BCUT2D eigenvalue weighted by Gasteiger charge is 2.35. The summed E-state index contributed by atoms with van der Waals surface area (Å²) in [7, 11) is 1.90. The fraction of sp³-hybridized carbons (Fsp3) is 0.250. The van der Waals surface area contributed by atoms with Gasteiger partial charge in [0, 0.05) is 31.0 Å². The van der Waals surface area contributed by atoms with Gasteiger partial charge in [-0.3, -0.25) is 9.78 Å². The lowest BCUT2D eigenvalue weighted by atomic mass is 9.99. The second-order valence-corrected chi connectivity index (χ2v) is 7.97. The van der Waals surface area contributed by atoms with Gasteiger partial charge in [0.2, 0.25) is 0 Å². The maximum atomic E-state index is 12.6. The van der Waals surface area contributed by atoms with E-state index in [0.717, 1.165) is 33.2 Å². The van der Waals surface area contributed by atoms with Gasteiger partial charge in [-0.1, -0.05) is 18.2 Å². The summed E-state index contributed by atoms with van der Waals surface area (Å²) in [5, 5.41) is 14.5. The van der Waals surface area contributed by atoms with Gasteiger partial charge in [0.25, 0.3) is 5.91 Å². The molecule has 5 rings (SSSR count). The van der Waals surface area contributed by atoms with Crippen molar-refractivity contribution in [2.45, 2.75) is 12.7 Å². The van der Waals surface area contributed by atoms with E-state index >= 15 is 0 Å². The van der Waals surface area contributed by atoms with E-state index in [1.54, 1.807) is 17.3 Å². The number of aliphatic hydroxyl groups excluding tert-OH is 1. The van der Waals surface area contributed by atoms with Gasteiger partial charge in [-0.25, -0.2) is 0 Å². The number of benzene rings is 2. The first-order valence-electron chi connectivity index (χ1n) is 10.3. The van der Waals surface area contributed by atoms with Gasteiger partial charge in [0.15, 0.2) is 0 Å². The van der Waals surface area contributed by atoms with E-state index in [9.17, 15) is 9.90 Å². The van der Waals surface area contributed by atoms with Gasteiger partial charge >= 0.3 is 0 Å². The van der Waals surface area contributed by atoms with Crippen LogP contribution in [0.25, 0.3) is 21.9 Å². The summed E-state index contributed by atoms with van der Waals surface area (Å²) in [5.41, 5.74) is 3.58. The van der Waals surface area contributed by atoms with Crippen molar-refractivity contribution in [2.75, 3.05) is 26.8 Å². The van der Waals surface area contributed by atoms with Crippen molar-refractivity contribution in [1.29, 1.82) is 0 Å². The summed E-state index contributed by atoms with van der Waals surface area (Å²) in [6.07, 6.45) is 5.28. The first-order valence-corrected chi connectivity index (χ1v) is 10.3. The quantitative estimate of drug-likeness (QED) is 0.665. The zero-order valence-corrected chi connectivity index (χ0v) is 17.3. The van der Waals surface area contributed by atoms with Crippen LogP contribution in [0.4, 0.5) is 0 Å². The minimum Gasteiger partial charge on any atom is -0.486 e. The van der Waals surface area contributed by atoms with Crippen LogP contribution in [0.1, 0.15) is 5.56 Å². The molecule has 1 saturated heterocycles. The Morgan fingerprint density at radius 3 is 2.87 bits per heavy atom. The second-order valence-electron chi connectivity index (χ2n) is 7.97. The highest BCUT2D eigenvalue weighted by atomic mass is 16.5. The number of nitrogens with one attached hydrogen (secondary N) is 1. The number of nitrogens with zero attached hydrogens (tertiary/aromatic N) is 3. The van der Waals surface area contributed by atoms with E-state index in [2.05, 4.69) is 16.4 Å². The third kappa shape index (κ3) is 3.68. The van der Waals surface area contributed by atoms with Crippen molar-refractivity contribution in [2.24, 2.45) is 0 Å². The average Bonchev–Trinajstić information content (AvgIpc) is 3.21. The monoisotopic (exact) mass is 416 g/mol. The van der Waals surface area contributed by atoms with Gasteiger partial charge in [0.05, 0.1) is 26.4 Å². The number of carbonyl (C=O) groups is 1. The van der Waals surface area contributed by atoms with Gasteiger partial charge in [-0.2, -0.15) is 0 Å². The fourth-order valence-corrected chi connectivity index (χ4v) is 4.00. The van der Waals surface area contributed by atoms with Crippen LogP contribution in [-0.4, -0.2) is 58.7 Å². The molecule has 2 aliphatic heterocycles. The maximum Gasteiger partial charge on any atom is 0.271 e. The Bertz CT molecular complexity index is 1170. The Kier molecular flexibility index (Phi) is 4.95. The molecule has 3 aromatic rings. The van der Waals surface area contributed by atoms with Crippen LogP contribution in [0, 0.1) is 0 Å². The largest absolute Gasteiger partial charge is 0.486 e. The molecule has 1 amide bonds. The maximum absolute atomic E-state index is 12.6. The highest BCUT2D eigenvalue weighted by molar-refractivity contribution is 5.94. The predicted molar refractivity (Wildman–Crippen MR) is 118 cm³/mol. The summed E-state index contributed by atoms with van der Waals surface area (Å²) in [6.45, 7) is 1.76. The normalized spacial score (nSPS) is 16.1. The van der Waals surface area contributed by atoms with Crippen molar-refractivity contribution < 1.29 is 14.6 Å². The van der Waals surface area contributed by atoms with Crippen LogP contribution in [-0.2, 0) is 11.4 Å². The number of likely N-dealkylation sites (tertiary alicyclic amines) is 1. The molecule has 0 aliphatic carbocycles. The van der Waals surface area contributed by atoms with Crippen molar-refractivity contribution in [3.05, 3.63) is 72.3 Å². The highest BCUT2D eigenvalue weighted by Crippen LogP contribution is 2.34. The number of pyridine rings is 1. The van der Waals surface area contributed by atoms with E-state index in [1.807, 2.05) is 54.5 Å². The molecule has 0 unspecified atom stereocenters. The lowest BCUT2D eigenvalue weighted by Crippen LogP contribution is -2.57. The molecule has 0 saturated carbocycles. The van der Waals surface area contributed by atoms with Gasteiger partial charge in [0.1, 0.15) is 17.6 Å². The van der Waals surface area contributed by atoms with E-state index in [1.165, 1.54) is 0 Å². The minimum atomic E-state index is -0.0633. The van der Waals surface area contributed by atoms with Crippen molar-refractivity contribution >= 4 is 16.7 Å². The molecule has 0 spiro atoms. The van der Waals surface area contributed by atoms with Crippen molar-refractivity contribution in [3.63, 3.8) is 0 Å². The third-order valence-electron chi connectivity index (χ3n) is 5.79. The summed E-state index contributed by atoms with van der Waals surface area (Å²) < 4.78 is 6.32. The van der Waals surface area contributed by atoms with Crippen LogP contribution in [0.5, 0.6) is 5.75 Å². The molecule has 1 fully saturated rings. The molecule has 2 aliphatic rings. The summed E-state index contributed by atoms with van der Waals surface area (Å²) in [4.78, 5) is 20.6. The van der Waals surface area contributed by atoms with E-state index in [-0.39, 0.29) is 18.6 Å². The van der Waals surface area contributed by atoms with E-state index in [0.29, 0.717) is 25.5 Å². The number of hydrogen-bond donors (Lipinski definition) is 2. The van der Waals surface area contributed by atoms with Crippen LogP contribution < -0.4 is 10.1 Å². The molecule has 0 bridgehead atoms. The Balaban J connectivity index is 1.38. The second kappa shape index (κ2) is 7.92. The summed E-state index contributed by atoms with van der Waals surface area (Å²) in [5.74, 6) is 0.777. The topological polar surface area (TPSA) is 77.9 Å². The number of aliphatic hydroxyl groups is 1. The standard InChI is InChI=1S/C24H24N4O3/c1-27-15-26-11-22(27)24(30)28-12-20(13-28)31-23-9-19(8-18-5-6-25-10-21(18)23)17-4-2-3-16(7-17)14-29/h2-11,20,26,29H,12-15H2,1H3. The number of hydrogen-bond acceptors (Lipinski definition) is 6. The Morgan fingerprint density at radius 1 is 1.23 bits per heavy atom. The summed E-state index contributed by atoms with van der Waals surface area (Å²) >= 11 is 0. The fourth-order valence-electron chi connectivity index (χ4n) is 4.00. The number of amides is 1. The van der Waals surface area contributed by atoms with Crippen molar-refractivity contribution in [1.82, 2.24) is 20.1 Å². The molecular weight excluding hydrogens is 392 g/mol. The molecule has 0 atom stereocenters. The van der Waals surface area contributed by atoms with Crippen LogP contribution in [0.15, 0.2) is 66.8 Å². The Labute approximate surface area is 180 Å². The van der Waals surface area contributed by atoms with E-state index < -0.39 is 0 Å². The lowest BCUT2D eigenvalue weighted by molar-refractivity contribution is -0.137. The SMILES string of the molecule is CN1CNC=C1C(=O)N1CC(Oc2cc(-c3cccc(CO)c3)cc3ccncc23)C1. The van der Waals surface area contributed by atoms with E-state index in [4.69, 9.17) is 4.74 Å². The van der Waals surface area contributed by atoms with Crippen molar-refractivity contribution in [3.8, 4) is 16.9 Å². The zero-order valence-electron chi connectivity index (χ0n) is 17.3. The van der Waals surface area contributed by atoms with Gasteiger partial charge < -0.3 is 25.0 Å². The molecule has 7 nitrogen and oxygen atoms in total. The molecule has 0 radical (unpaired) electrons. The number of rotatable bonds is 5. The van der Waals surface area contributed by atoms with Crippen LogP contribution in [0.2, 0.25) is 0 Å². The van der Waals surface area contributed by atoms with Gasteiger partial charge in [-0.15, -0.1) is 0 Å². The smallest absolute Gasteiger partial charge is 0.271 e. The molecule has 158 valence electrons. The molecular formula is C24H24N4O3. The minimum absolute atomic E-state index is 0.00176. The van der Waals surface area contributed by atoms with Crippen LogP contribution in [0.3, 0.4) is 0 Å². The number of likely N-dealkylation sites (N-methyl/N-ethyl adjacent to an activating group) is 1. The van der Waals surface area contributed by atoms with Crippen LogP contribution >= 0.6 is 0 Å². The lowest BCUT2D eigenvalue weighted by Gasteiger charge is -2.39. The molecule has 3 heterocycles. The predicted octanol–water partition coefficient (Wildman–Crippen LogP) is 2.32. The zero-order chi connectivity index (χ0) is 21.4. The molecule has 7 heteroatoms. The molecule has 31 heavy (non-hydrogen) atoms. The Hall–Kier alpha value is -3.58.